The molecule has 22 heavy (non-hydrogen) atoms. The zero-order valence-corrected chi connectivity index (χ0v) is 14.0. The summed E-state index contributed by atoms with van der Waals surface area (Å²) in [4.78, 5) is 13.8. The Kier molecular flexibility index (Phi) is 5.42. The maximum atomic E-state index is 11.8. The molecule has 1 atom stereocenters. The van der Waals surface area contributed by atoms with Crippen molar-refractivity contribution in [3.05, 3.63) is 58.5 Å². The fourth-order valence-electron chi connectivity index (χ4n) is 2.82. The Hall–Kier alpha value is -2.03. The standard InChI is InChI=1S/C19H26N2O/c1-5-7-15(6-2)16-8-10-17(11-9-16)21(4)18-12-13-20(3)19(22)14-18/h8-15H,5-7H2,1-4H3/t15-/m1/s1. The van der Waals surface area contributed by atoms with Crippen LogP contribution in [0.15, 0.2) is 47.4 Å². The lowest BCUT2D eigenvalue weighted by atomic mass is 9.92. The summed E-state index contributed by atoms with van der Waals surface area (Å²) in [7, 11) is 3.76. The number of hydrogen-bond acceptors (Lipinski definition) is 2. The van der Waals surface area contributed by atoms with Gasteiger partial charge < -0.3 is 9.47 Å². The fourth-order valence-corrected chi connectivity index (χ4v) is 2.82. The van der Waals surface area contributed by atoms with Crippen LogP contribution >= 0.6 is 0 Å². The molecule has 0 saturated heterocycles. The zero-order chi connectivity index (χ0) is 16.1. The largest absolute Gasteiger partial charge is 0.344 e. The summed E-state index contributed by atoms with van der Waals surface area (Å²) in [6, 6.07) is 12.4. The molecule has 1 aromatic heterocycles. The molecule has 0 aliphatic rings. The average Bonchev–Trinajstić information content (AvgIpc) is 2.54. The van der Waals surface area contributed by atoms with E-state index in [1.807, 2.05) is 18.0 Å². The molecule has 1 aromatic carbocycles. The summed E-state index contributed by atoms with van der Waals surface area (Å²) >= 11 is 0. The first-order chi connectivity index (χ1) is 10.6. The number of aryl methyl sites for hydroxylation is 1. The minimum atomic E-state index is 0.00922. The van der Waals surface area contributed by atoms with E-state index in [9.17, 15) is 4.79 Å². The summed E-state index contributed by atoms with van der Waals surface area (Å²) in [5.74, 6) is 0.647. The predicted octanol–water partition coefficient (Wildman–Crippen LogP) is 4.45. The van der Waals surface area contributed by atoms with Gasteiger partial charge >= 0.3 is 0 Å². The number of rotatable bonds is 6. The third-order valence-electron chi connectivity index (χ3n) is 4.36. The van der Waals surface area contributed by atoms with E-state index < -0.39 is 0 Å². The lowest BCUT2D eigenvalue weighted by Crippen LogP contribution is -2.18. The highest BCUT2D eigenvalue weighted by Crippen LogP contribution is 2.28. The summed E-state index contributed by atoms with van der Waals surface area (Å²) in [5, 5.41) is 0. The molecular weight excluding hydrogens is 272 g/mol. The van der Waals surface area contributed by atoms with Crippen LogP contribution in [-0.4, -0.2) is 11.6 Å². The SMILES string of the molecule is CCC[C@@H](CC)c1ccc(N(C)c2ccn(C)c(=O)c2)cc1. The molecule has 0 spiro atoms. The van der Waals surface area contributed by atoms with Crippen molar-refractivity contribution in [2.45, 2.75) is 39.0 Å². The average molecular weight is 298 g/mol. The first kappa shape index (κ1) is 16.3. The van der Waals surface area contributed by atoms with Crippen molar-refractivity contribution in [2.24, 2.45) is 7.05 Å². The molecule has 2 rings (SSSR count). The quantitative estimate of drug-likeness (QED) is 0.787. The minimum absolute atomic E-state index is 0.00922. The zero-order valence-electron chi connectivity index (χ0n) is 14.0. The molecule has 0 saturated carbocycles. The Morgan fingerprint density at radius 1 is 1.09 bits per heavy atom. The predicted molar refractivity (Wildman–Crippen MR) is 94.1 cm³/mol. The lowest BCUT2D eigenvalue weighted by Gasteiger charge is -2.21. The van der Waals surface area contributed by atoms with Gasteiger partial charge in [0.1, 0.15) is 0 Å². The van der Waals surface area contributed by atoms with Crippen LogP contribution in [-0.2, 0) is 7.05 Å². The third-order valence-corrected chi connectivity index (χ3v) is 4.36. The van der Waals surface area contributed by atoms with Crippen LogP contribution < -0.4 is 10.5 Å². The number of benzene rings is 1. The van der Waals surface area contributed by atoms with Gasteiger partial charge in [0.25, 0.3) is 5.56 Å². The van der Waals surface area contributed by atoms with Crippen molar-refractivity contribution in [1.82, 2.24) is 4.57 Å². The summed E-state index contributed by atoms with van der Waals surface area (Å²) in [6.45, 7) is 4.49. The van der Waals surface area contributed by atoms with Gasteiger partial charge in [-0.05, 0) is 42.5 Å². The normalized spacial score (nSPS) is 12.2. The number of pyridine rings is 1. The van der Waals surface area contributed by atoms with Gasteiger partial charge in [0.05, 0.1) is 0 Å². The Balaban J connectivity index is 2.22. The maximum absolute atomic E-state index is 11.8. The van der Waals surface area contributed by atoms with E-state index in [0.29, 0.717) is 5.92 Å². The van der Waals surface area contributed by atoms with Crippen molar-refractivity contribution >= 4 is 11.4 Å². The van der Waals surface area contributed by atoms with Crippen LogP contribution in [0.25, 0.3) is 0 Å². The molecule has 0 bridgehead atoms. The summed E-state index contributed by atoms with van der Waals surface area (Å²) < 4.78 is 1.58. The van der Waals surface area contributed by atoms with Crippen molar-refractivity contribution in [3.8, 4) is 0 Å². The van der Waals surface area contributed by atoms with E-state index in [4.69, 9.17) is 0 Å². The van der Waals surface area contributed by atoms with Crippen LogP contribution in [0, 0.1) is 0 Å². The highest BCUT2D eigenvalue weighted by molar-refractivity contribution is 5.62. The molecule has 0 N–H and O–H groups in total. The van der Waals surface area contributed by atoms with Gasteiger partial charge in [-0.2, -0.15) is 0 Å². The Bertz CT molecular complexity index is 658. The first-order valence-electron chi connectivity index (χ1n) is 8.07. The monoisotopic (exact) mass is 298 g/mol. The van der Waals surface area contributed by atoms with Crippen LogP contribution in [0.3, 0.4) is 0 Å². The molecule has 118 valence electrons. The summed E-state index contributed by atoms with van der Waals surface area (Å²) in [6.07, 6.45) is 5.43. The van der Waals surface area contributed by atoms with E-state index in [-0.39, 0.29) is 5.56 Å². The van der Waals surface area contributed by atoms with Crippen molar-refractivity contribution in [3.63, 3.8) is 0 Å². The highest BCUT2D eigenvalue weighted by atomic mass is 16.1. The maximum Gasteiger partial charge on any atom is 0.252 e. The summed E-state index contributed by atoms with van der Waals surface area (Å²) in [5.41, 5.74) is 3.43. The Labute approximate surface area is 133 Å². The number of nitrogens with zero attached hydrogens (tertiary/aromatic N) is 2. The number of anilines is 2. The van der Waals surface area contributed by atoms with E-state index in [1.165, 1.54) is 24.8 Å². The topological polar surface area (TPSA) is 25.2 Å². The minimum Gasteiger partial charge on any atom is -0.344 e. The van der Waals surface area contributed by atoms with Crippen molar-refractivity contribution in [1.29, 1.82) is 0 Å². The molecule has 0 aliphatic heterocycles. The van der Waals surface area contributed by atoms with E-state index in [0.717, 1.165) is 11.4 Å². The molecule has 3 heteroatoms. The fraction of sp³-hybridized carbons (Fsp3) is 0.421. The van der Waals surface area contributed by atoms with Gasteiger partial charge in [-0.25, -0.2) is 0 Å². The van der Waals surface area contributed by atoms with Gasteiger partial charge in [-0.1, -0.05) is 32.4 Å². The van der Waals surface area contributed by atoms with E-state index in [1.54, 1.807) is 23.9 Å². The van der Waals surface area contributed by atoms with E-state index in [2.05, 4.69) is 38.1 Å². The van der Waals surface area contributed by atoms with Crippen LogP contribution in [0.5, 0.6) is 0 Å². The van der Waals surface area contributed by atoms with Gasteiger partial charge in [-0.3, -0.25) is 4.79 Å². The Morgan fingerprint density at radius 3 is 2.32 bits per heavy atom. The molecule has 3 nitrogen and oxygen atoms in total. The number of aromatic nitrogens is 1. The molecule has 0 unspecified atom stereocenters. The molecule has 0 aliphatic carbocycles. The van der Waals surface area contributed by atoms with Crippen LogP contribution in [0.1, 0.15) is 44.6 Å². The molecule has 0 fully saturated rings. The second-order valence-corrected chi connectivity index (χ2v) is 5.88. The Morgan fingerprint density at radius 2 is 1.77 bits per heavy atom. The third kappa shape index (κ3) is 3.59. The smallest absolute Gasteiger partial charge is 0.252 e. The second kappa shape index (κ2) is 7.30. The van der Waals surface area contributed by atoms with E-state index >= 15 is 0 Å². The highest BCUT2D eigenvalue weighted by Gasteiger charge is 2.10. The van der Waals surface area contributed by atoms with Crippen molar-refractivity contribution < 1.29 is 0 Å². The van der Waals surface area contributed by atoms with Gasteiger partial charge in [0.15, 0.2) is 0 Å². The van der Waals surface area contributed by atoms with Gasteiger partial charge in [-0.15, -0.1) is 0 Å². The number of hydrogen-bond donors (Lipinski definition) is 0. The van der Waals surface area contributed by atoms with Crippen molar-refractivity contribution in [2.75, 3.05) is 11.9 Å². The molecule has 2 aromatic rings. The molecular formula is C19H26N2O. The molecule has 0 amide bonds. The van der Waals surface area contributed by atoms with Gasteiger partial charge in [0.2, 0.25) is 0 Å². The van der Waals surface area contributed by atoms with Gasteiger partial charge in [0, 0.05) is 37.7 Å². The molecule has 1 heterocycles. The second-order valence-electron chi connectivity index (χ2n) is 5.88. The van der Waals surface area contributed by atoms with Crippen LogP contribution in [0.2, 0.25) is 0 Å². The lowest BCUT2D eigenvalue weighted by molar-refractivity contribution is 0.596. The van der Waals surface area contributed by atoms with Crippen LogP contribution in [0.4, 0.5) is 11.4 Å². The first-order valence-corrected chi connectivity index (χ1v) is 8.07. The molecule has 0 radical (unpaired) electrons.